The van der Waals surface area contributed by atoms with Gasteiger partial charge < -0.3 is 4.52 Å². The molecule has 0 spiro atoms. The Bertz CT molecular complexity index is 135. The summed E-state index contributed by atoms with van der Waals surface area (Å²) in [5.41, 5.74) is 0. The first kappa shape index (κ1) is 6.74. The molecule has 0 aliphatic carbocycles. The van der Waals surface area contributed by atoms with Crippen molar-refractivity contribution in [1.29, 1.82) is 5.26 Å². The molecule has 40 valence electrons. The Balaban J connectivity index is 3.65. The molecule has 7 heavy (non-hydrogen) atoms. The van der Waals surface area contributed by atoms with E-state index >= 15 is 0 Å². The van der Waals surface area contributed by atoms with Gasteiger partial charge in [-0.15, -0.1) is 9.46 Å². The van der Waals surface area contributed by atoms with Crippen LogP contribution in [0.2, 0.25) is 0 Å². The Kier molecular flexibility index (Phi) is 2.07. The van der Waals surface area contributed by atoms with Gasteiger partial charge in [0.1, 0.15) is 0 Å². The van der Waals surface area contributed by atoms with Crippen LogP contribution in [0.1, 0.15) is 0 Å². The van der Waals surface area contributed by atoms with Crippen molar-refractivity contribution in [3.8, 4) is 6.26 Å². The SMILES string of the molecule is N#COP(=O)(F)Cl. The van der Waals surface area contributed by atoms with E-state index in [4.69, 9.17) is 5.26 Å². The minimum atomic E-state index is -4.55. The Morgan fingerprint density at radius 2 is 2.43 bits per heavy atom. The normalized spacial score (nSPS) is 16.7. The van der Waals surface area contributed by atoms with Crippen molar-refractivity contribution in [2.45, 2.75) is 0 Å². The third-order valence-electron chi connectivity index (χ3n) is 0.147. The molecule has 0 aromatic carbocycles. The highest BCUT2D eigenvalue weighted by Crippen LogP contribution is 2.53. The van der Waals surface area contributed by atoms with Crippen LogP contribution in [0.3, 0.4) is 0 Å². The number of rotatable bonds is 1. The number of hydrogen-bond acceptors (Lipinski definition) is 3. The molecule has 0 N–H and O–H groups in total. The quantitative estimate of drug-likeness (QED) is 0.415. The molecule has 0 saturated heterocycles. The monoisotopic (exact) mass is 143 g/mol. The molecule has 0 heterocycles. The number of nitrogens with zero attached hydrogens (tertiary/aromatic N) is 1. The number of halogens is 2. The van der Waals surface area contributed by atoms with Crippen LogP contribution in [0.4, 0.5) is 4.20 Å². The lowest BCUT2D eigenvalue weighted by atomic mass is 11.6. The summed E-state index contributed by atoms with van der Waals surface area (Å²) in [6.07, 6.45) is 0.838. The standard InChI is InChI=1S/CClFNO2P/c2-7(3,5)6-1-4. The predicted octanol–water partition coefficient (Wildman–Crippen LogP) is 1.80. The molecule has 0 aromatic heterocycles. The second-order valence-electron chi connectivity index (χ2n) is 0.597. The van der Waals surface area contributed by atoms with Gasteiger partial charge in [0.05, 0.1) is 0 Å². The first-order valence-corrected chi connectivity index (χ1v) is 3.55. The van der Waals surface area contributed by atoms with Crippen LogP contribution in [-0.2, 0) is 9.09 Å². The largest absolute Gasteiger partial charge is 0.524 e. The fourth-order valence-corrected chi connectivity index (χ4v) is 0.235. The van der Waals surface area contributed by atoms with Crippen molar-refractivity contribution in [3.63, 3.8) is 0 Å². The molecular formula is CClFNO2P. The van der Waals surface area contributed by atoms with E-state index in [9.17, 15) is 8.76 Å². The first-order valence-electron chi connectivity index (χ1n) is 1.13. The zero-order valence-electron chi connectivity index (χ0n) is 2.97. The molecule has 1 unspecified atom stereocenters. The molecular weight excluding hydrogens is 143 g/mol. The van der Waals surface area contributed by atoms with Gasteiger partial charge in [0, 0.05) is 11.2 Å². The van der Waals surface area contributed by atoms with Gasteiger partial charge in [0.25, 0.3) is 6.26 Å². The minimum absolute atomic E-state index is 0.838. The third-order valence-corrected chi connectivity index (χ3v) is 0.648. The van der Waals surface area contributed by atoms with Crippen molar-refractivity contribution in [2.24, 2.45) is 0 Å². The summed E-state index contributed by atoms with van der Waals surface area (Å²) in [5, 5.41) is 7.43. The highest BCUT2D eigenvalue weighted by molar-refractivity contribution is 7.81. The highest BCUT2D eigenvalue weighted by atomic mass is 35.7. The van der Waals surface area contributed by atoms with Gasteiger partial charge >= 0.3 is 7.03 Å². The minimum Gasteiger partial charge on any atom is -0.335 e. The average Bonchev–Trinajstić information content (AvgIpc) is 1.30. The lowest BCUT2D eigenvalue weighted by Gasteiger charge is -1.86. The summed E-state index contributed by atoms with van der Waals surface area (Å²) in [6.45, 7) is 0. The van der Waals surface area contributed by atoms with E-state index in [0.717, 1.165) is 6.26 Å². The van der Waals surface area contributed by atoms with Crippen LogP contribution >= 0.6 is 18.3 Å². The van der Waals surface area contributed by atoms with Crippen molar-refractivity contribution in [2.75, 3.05) is 0 Å². The summed E-state index contributed by atoms with van der Waals surface area (Å²) >= 11 is 4.28. The average molecular weight is 143 g/mol. The smallest absolute Gasteiger partial charge is 0.335 e. The second kappa shape index (κ2) is 2.15. The molecule has 0 saturated carbocycles. The summed E-state index contributed by atoms with van der Waals surface area (Å²) < 4.78 is 23.9. The highest BCUT2D eigenvalue weighted by Gasteiger charge is 2.16. The summed E-state index contributed by atoms with van der Waals surface area (Å²) in [5.74, 6) is 0. The van der Waals surface area contributed by atoms with Crippen molar-refractivity contribution < 1.29 is 13.3 Å². The number of nitriles is 1. The Hall–Kier alpha value is -0.260. The van der Waals surface area contributed by atoms with Crippen LogP contribution in [0.25, 0.3) is 0 Å². The topological polar surface area (TPSA) is 50.1 Å². The van der Waals surface area contributed by atoms with E-state index < -0.39 is 7.03 Å². The van der Waals surface area contributed by atoms with E-state index in [1.54, 1.807) is 0 Å². The van der Waals surface area contributed by atoms with Gasteiger partial charge in [-0.2, -0.15) is 0 Å². The Labute approximate surface area is 44.0 Å². The fourth-order valence-electron chi connectivity index (χ4n) is 0.0475. The molecule has 0 aliphatic heterocycles. The Morgan fingerprint density at radius 1 is 2.00 bits per heavy atom. The summed E-state index contributed by atoms with van der Waals surface area (Å²) in [7, 11) is -4.55. The van der Waals surface area contributed by atoms with E-state index in [1.165, 1.54) is 0 Å². The van der Waals surface area contributed by atoms with Gasteiger partial charge in [-0.1, -0.05) is 0 Å². The molecule has 0 fully saturated rings. The van der Waals surface area contributed by atoms with E-state index in [-0.39, 0.29) is 0 Å². The Morgan fingerprint density at radius 3 is 2.43 bits per heavy atom. The van der Waals surface area contributed by atoms with Gasteiger partial charge in [-0.3, -0.25) is 0 Å². The zero-order valence-corrected chi connectivity index (χ0v) is 4.62. The van der Waals surface area contributed by atoms with Crippen LogP contribution < -0.4 is 0 Å². The first-order chi connectivity index (χ1) is 3.06. The maximum absolute atomic E-state index is 11.3. The van der Waals surface area contributed by atoms with Crippen LogP contribution in [0.5, 0.6) is 0 Å². The molecule has 0 rings (SSSR count). The second-order valence-corrected chi connectivity index (χ2v) is 2.82. The van der Waals surface area contributed by atoms with E-state index in [1.807, 2.05) is 0 Å². The lowest BCUT2D eigenvalue weighted by Crippen LogP contribution is -1.61. The molecule has 0 bridgehead atoms. The molecule has 6 heteroatoms. The van der Waals surface area contributed by atoms with Crippen LogP contribution in [0, 0.1) is 11.5 Å². The fraction of sp³-hybridized carbons (Fsp3) is 0. The predicted molar refractivity (Wildman–Crippen MR) is 21.3 cm³/mol. The van der Waals surface area contributed by atoms with E-state index in [0.29, 0.717) is 0 Å². The maximum atomic E-state index is 11.3. The molecule has 1 atom stereocenters. The molecule has 0 aromatic rings. The van der Waals surface area contributed by atoms with E-state index in [2.05, 4.69) is 15.8 Å². The van der Waals surface area contributed by atoms with Crippen molar-refractivity contribution >= 4 is 18.3 Å². The third kappa shape index (κ3) is 5.74. The van der Waals surface area contributed by atoms with Gasteiger partial charge in [-0.25, -0.2) is 4.57 Å². The maximum Gasteiger partial charge on any atom is 0.524 e. The lowest BCUT2D eigenvalue weighted by molar-refractivity contribution is 0.430. The zero-order chi connectivity index (χ0) is 5.91. The summed E-state index contributed by atoms with van der Waals surface area (Å²) in [6, 6.07) is 0. The molecule has 3 nitrogen and oxygen atoms in total. The van der Waals surface area contributed by atoms with Crippen LogP contribution in [-0.4, -0.2) is 0 Å². The van der Waals surface area contributed by atoms with Crippen molar-refractivity contribution in [1.82, 2.24) is 0 Å². The van der Waals surface area contributed by atoms with Gasteiger partial charge in [0.15, 0.2) is 0 Å². The van der Waals surface area contributed by atoms with Gasteiger partial charge in [0.2, 0.25) is 0 Å². The van der Waals surface area contributed by atoms with Gasteiger partial charge in [-0.05, 0) is 0 Å². The molecule has 0 amide bonds. The summed E-state index contributed by atoms with van der Waals surface area (Å²) in [4.78, 5) is 0. The van der Waals surface area contributed by atoms with Crippen molar-refractivity contribution in [3.05, 3.63) is 0 Å². The number of hydrogen-bond donors (Lipinski definition) is 0. The van der Waals surface area contributed by atoms with Crippen LogP contribution in [0.15, 0.2) is 0 Å². The molecule has 0 radical (unpaired) electrons. The molecule has 0 aliphatic rings.